The first kappa shape index (κ1) is 13.6. The van der Waals surface area contributed by atoms with E-state index in [1.807, 2.05) is 36.4 Å². The summed E-state index contributed by atoms with van der Waals surface area (Å²) in [6.07, 6.45) is 0.720. The second-order valence-corrected chi connectivity index (χ2v) is 5.12. The van der Waals surface area contributed by atoms with Gasteiger partial charge in [0.1, 0.15) is 5.75 Å². The third-order valence-corrected chi connectivity index (χ3v) is 3.76. The van der Waals surface area contributed by atoms with E-state index < -0.39 is 0 Å². The fraction of sp³-hybridized carbons (Fsp3) is 0.235. The molecular weight excluding hydrogens is 264 g/mol. The van der Waals surface area contributed by atoms with Crippen molar-refractivity contribution in [3.8, 4) is 5.75 Å². The predicted molar refractivity (Wildman–Crippen MR) is 82.4 cm³/mol. The Morgan fingerprint density at radius 1 is 1.14 bits per heavy atom. The van der Waals surface area contributed by atoms with Gasteiger partial charge in [0.25, 0.3) is 0 Å². The number of benzene rings is 2. The number of carbonyl (C=O) groups excluding carboxylic acids is 1. The lowest BCUT2D eigenvalue weighted by molar-refractivity contribution is -0.118. The molecule has 1 atom stereocenters. The first-order valence-electron chi connectivity index (χ1n) is 7.01. The first-order chi connectivity index (χ1) is 10.3. The van der Waals surface area contributed by atoms with Gasteiger partial charge in [-0.15, -0.1) is 0 Å². The molecule has 2 aromatic rings. The Balaban J connectivity index is 1.66. The molecule has 21 heavy (non-hydrogen) atoms. The van der Waals surface area contributed by atoms with Crippen LogP contribution in [-0.4, -0.2) is 19.1 Å². The topological polar surface area (TPSA) is 50.4 Å². The number of fused-ring (bicyclic) bond motifs is 1. The van der Waals surface area contributed by atoms with Crippen molar-refractivity contribution in [1.82, 2.24) is 5.32 Å². The molecule has 0 bridgehead atoms. The summed E-state index contributed by atoms with van der Waals surface area (Å²) in [5, 5.41) is 6.22. The zero-order chi connectivity index (χ0) is 14.7. The van der Waals surface area contributed by atoms with Crippen LogP contribution in [0, 0.1) is 0 Å². The Morgan fingerprint density at radius 3 is 2.57 bits per heavy atom. The fourth-order valence-electron chi connectivity index (χ4n) is 2.54. The molecule has 0 aliphatic carbocycles. The van der Waals surface area contributed by atoms with E-state index in [9.17, 15) is 4.79 Å². The van der Waals surface area contributed by atoms with E-state index in [2.05, 4.69) is 22.8 Å². The third-order valence-electron chi connectivity index (χ3n) is 3.76. The zero-order valence-electron chi connectivity index (χ0n) is 11.9. The van der Waals surface area contributed by atoms with Crippen molar-refractivity contribution in [2.24, 2.45) is 0 Å². The highest BCUT2D eigenvalue weighted by Gasteiger charge is 2.23. The van der Waals surface area contributed by atoms with E-state index >= 15 is 0 Å². The molecule has 0 unspecified atom stereocenters. The van der Waals surface area contributed by atoms with Gasteiger partial charge in [-0.1, -0.05) is 24.3 Å². The second kappa shape index (κ2) is 5.97. The lowest BCUT2D eigenvalue weighted by Crippen LogP contribution is -2.44. The Morgan fingerprint density at radius 2 is 1.86 bits per heavy atom. The van der Waals surface area contributed by atoms with Crippen LogP contribution in [0.5, 0.6) is 5.75 Å². The van der Waals surface area contributed by atoms with Crippen molar-refractivity contribution < 1.29 is 9.53 Å². The van der Waals surface area contributed by atoms with Gasteiger partial charge >= 0.3 is 0 Å². The SMILES string of the molecule is COc1ccc(NC(=O)[C@@H]2Cc3ccccc3CN2)cc1. The number of rotatable bonds is 3. The average Bonchev–Trinajstić information content (AvgIpc) is 2.55. The highest BCUT2D eigenvalue weighted by Crippen LogP contribution is 2.18. The van der Waals surface area contributed by atoms with Gasteiger partial charge < -0.3 is 15.4 Å². The van der Waals surface area contributed by atoms with Gasteiger partial charge in [-0.05, 0) is 41.8 Å². The first-order valence-corrected chi connectivity index (χ1v) is 7.01. The minimum Gasteiger partial charge on any atom is -0.497 e. The van der Waals surface area contributed by atoms with Crippen LogP contribution >= 0.6 is 0 Å². The molecule has 0 spiro atoms. The van der Waals surface area contributed by atoms with Crippen molar-refractivity contribution in [2.75, 3.05) is 12.4 Å². The molecule has 4 nitrogen and oxygen atoms in total. The highest BCUT2D eigenvalue weighted by molar-refractivity contribution is 5.95. The Hall–Kier alpha value is -2.33. The Kier molecular flexibility index (Phi) is 3.88. The molecule has 2 aromatic carbocycles. The van der Waals surface area contributed by atoms with Crippen LogP contribution in [0.4, 0.5) is 5.69 Å². The summed E-state index contributed by atoms with van der Waals surface area (Å²) in [6, 6.07) is 15.4. The van der Waals surface area contributed by atoms with Crippen LogP contribution in [0.1, 0.15) is 11.1 Å². The van der Waals surface area contributed by atoms with Crippen LogP contribution in [0.3, 0.4) is 0 Å². The largest absolute Gasteiger partial charge is 0.497 e. The summed E-state index contributed by atoms with van der Waals surface area (Å²) in [5.41, 5.74) is 3.29. The van der Waals surface area contributed by atoms with Gasteiger partial charge in [0.05, 0.1) is 13.2 Å². The summed E-state index contributed by atoms with van der Waals surface area (Å²) in [4.78, 5) is 12.3. The number of carbonyl (C=O) groups is 1. The van der Waals surface area contributed by atoms with Gasteiger partial charge in [0.2, 0.25) is 5.91 Å². The number of hydrogen-bond donors (Lipinski definition) is 2. The Bertz CT molecular complexity index is 637. The predicted octanol–water partition coefficient (Wildman–Crippen LogP) is 2.35. The van der Waals surface area contributed by atoms with Gasteiger partial charge in [-0.2, -0.15) is 0 Å². The molecule has 2 N–H and O–H groups in total. The van der Waals surface area contributed by atoms with Crippen LogP contribution < -0.4 is 15.4 Å². The van der Waals surface area contributed by atoms with E-state index in [-0.39, 0.29) is 11.9 Å². The van der Waals surface area contributed by atoms with Gasteiger partial charge in [0, 0.05) is 12.2 Å². The summed E-state index contributed by atoms with van der Waals surface area (Å²) < 4.78 is 5.10. The third kappa shape index (κ3) is 3.06. The van der Waals surface area contributed by atoms with E-state index in [0.717, 1.165) is 24.4 Å². The number of anilines is 1. The molecule has 1 aliphatic rings. The van der Waals surface area contributed by atoms with Crippen LogP contribution in [-0.2, 0) is 17.8 Å². The maximum Gasteiger partial charge on any atom is 0.241 e. The van der Waals surface area contributed by atoms with E-state index in [4.69, 9.17) is 4.74 Å². The van der Waals surface area contributed by atoms with Crippen LogP contribution in [0.15, 0.2) is 48.5 Å². The minimum atomic E-state index is -0.193. The molecule has 108 valence electrons. The zero-order valence-corrected chi connectivity index (χ0v) is 11.9. The van der Waals surface area contributed by atoms with Crippen LogP contribution in [0.25, 0.3) is 0 Å². The second-order valence-electron chi connectivity index (χ2n) is 5.12. The minimum absolute atomic E-state index is 0.00494. The summed E-state index contributed by atoms with van der Waals surface area (Å²) in [6.45, 7) is 0.733. The van der Waals surface area contributed by atoms with Gasteiger partial charge in [0.15, 0.2) is 0 Å². The molecule has 0 fully saturated rings. The molecule has 4 heteroatoms. The standard InChI is InChI=1S/C17H18N2O2/c1-21-15-8-6-14(7-9-15)19-17(20)16-10-12-4-2-3-5-13(12)11-18-16/h2-9,16,18H,10-11H2,1H3,(H,19,20)/t16-/m0/s1. The lowest BCUT2D eigenvalue weighted by atomic mass is 9.95. The van der Waals surface area contributed by atoms with E-state index in [1.54, 1.807) is 7.11 Å². The molecule has 3 rings (SSSR count). The number of amides is 1. The molecule has 1 aliphatic heterocycles. The number of methoxy groups -OCH3 is 1. The lowest BCUT2D eigenvalue weighted by Gasteiger charge is -2.25. The smallest absolute Gasteiger partial charge is 0.241 e. The molecule has 0 saturated heterocycles. The summed E-state index contributed by atoms with van der Waals surface area (Å²) >= 11 is 0. The molecule has 0 radical (unpaired) electrons. The molecule has 0 aromatic heterocycles. The molecular formula is C17H18N2O2. The molecule has 0 saturated carbocycles. The maximum atomic E-state index is 12.3. The van der Waals surface area contributed by atoms with Crippen molar-refractivity contribution in [2.45, 2.75) is 19.0 Å². The summed E-state index contributed by atoms with van der Waals surface area (Å²) in [7, 11) is 1.62. The van der Waals surface area contributed by atoms with Gasteiger partial charge in [-0.3, -0.25) is 4.79 Å². The number of nitrogens with one attached hydrogen (secondary N) is 2. The monoisotopic (exact) mass is 282 g/mol. The van der Waals surface area contributed by atoms with E-state index in [0.29, 0.717) is 0 Å². The van der Waals surface area contributed by atoms with Crippen molar-refractivity contribution in [1.29, 1.82) is 0 Å². The van der Waals surface area contributed by atoms with Crippen molar-refractivity contribution in [3.05, 3.63) is 59.7 Å². The quantitative estimate of drug-likeness (QED) is 0.908. The average molecular weight is 282 g/mol. The fourth-order valence-corrected chi connectivity index (χ4v) is 2.54. The Labute approximate surface area is 124 Å². The number of hydrogen-bond acceptors (Lipinski definition) is 3. The van der Waals surface area contributed by atoms with Crippen LogP contribution in [0.2, 0.25) is 0 Å². The van der Waals surface area contributed by atoms with Crippen molar-refractivity contribution in [3.63, 3.8) is 0 Å². The normalized spacial score (nSPS) is 16.9. The van der Waals surface area contributed by atoms with E-state index in [1.165, 1.54) is 11.1 Å². The summed E-state index contributed by atoms with van der Waals surface area (Å²) in [5.74, 6) is 0.771. The highest BCUT2D eigenvalue weighted by atomic mass is 16.5. The number of ether oxygens (including phenoxy) is 1. The maximum absolute atomic E-state index is 12.3. The molecule has 1 heterocycles. The molecule has 1 amide bonds. The van der Waals surface area contributed by atoms with Crippen molar-refractivity contribution >= 4 is 11.6 Å². The van der Waals surface area contributed by atoms with Gasteiger partial charge in [-0.25, -0.2) is 0 Å².